The van der Waals surface area contributed by atoms with E-state index in [4.69, 9.17) is 9.47 Å². The van der Waals surface area contributed by atoms with Crippen LogP contribution in [-0.4, -0.2) is 43.2 Å². The van der Waals surface area contributed by atoms with E-state index in [9.17, 15) is 14.0 Å². The lowest BCUT2D eigenvalue weighted by atomic mass is 9.96. The van der Waals surface area contributed by atoms with Gasteiger partial charge < -0.3 is 24.7 Å². The number of anilines is 2. The van der Waals surface area contributed by atoms with Gasteiger partial charge in [-0.15, -0.1) is 0 Å². The minimum atomic E-state index is -0.551. The zero-order valence-corrected chi connectivity index (χ0v) is 18.3. The molecule has 0 fully saturated rings. The van der Waals surface area contributed by atoms with E-state index >= 15 is 0 Å². The van der Waals surface area contributed by atoms with Crippen LogP contribution in [0.1, 0.15) is 36.3 Å². The number of rotatable bonds is 6. The Kier molecular flexibility index (Phi) is 6.03. The minimum Gasteiger partial charge on any atom is -0.497 e. The number of nitrogens with one attached hydrogen (secondary N) is 2. The van der Waals surface area contributed by atoms with Crippen molar-refractivity contribution in [1.29, 1.82) is 0 Å². The zero-order valence-electron chi connectivity index (χ0n) is 18.3. The molecule has 0 unspecified atom stereocenters. The van der Waals surface area contributed by atoms with Crippen LogP contribution in [0, 0.1) is 5.82 Å². The number of ether oxygens (including phenoxy) is 2. The molecule has 0 saturated heterocycles. The lowest BCUT2D eigenvalue weighted by molar-refractivity contribution is -0.115. The monoisotopic (exact) mass is 439 g/mol. The number of aromatic nitrogens is 1. The number of aromatic amines is 1. The Morgan fingerprint density at radius 2 is 2.06 bits per heavy atom. The SMILES string of the molecule is CCOC(=O)c1[nH]c2ccc(OC)cc2c1NC(=O)CN1c2ccc(F)cc2CC[C@H]1C. The molecular formula is C24H26FN3O4. The number of aryl methyl sites for hydroxylation is 1. The van der Waals surface area contributed by atoms with E-state index in [1.165, 1.54) is 12.1 Å². The van der Waals surface area contributed by atoms with Crippen molar-refractivity contribution in [2.45, 2.75) is 32.7 Å². The standard InChI is InChI=1S/C24H26FN3O4/c1-4-32-24(30)23-22(18-12-17(31-3)8-9-19(18)26-23)27-21(29)13-28-14(2)5-6-15-11-16(25)7-10-20(15)28/h7-12,14,26H,4-6,13H2,1-3H3,(H,27,29)/t14-/m1/s1. The molecule has 7 nitrogen and oxygen atoms in total. The van der Waals surface area contributed by atoms with E-state index in [0.717, 1.165) is 24.1 Å². The Bertz CT molecular complexity index is 1170. The third kappa shape index (κ3) is 4.12. The summed E-state index contributed by atoms with van der Waals surface area (Å²) in [5, 5.41) is 3.54. The molecule has 2 heterocycles. The first-order valence-corrected chi connectivity index (χ1v) is 10.6. The summed E-state index contributed by atoms with van der Waals surface area (Å²) in [5.74, 6) is -0.522. The molecule has 0 saturated carbocycles. The third-order valence-corrected chi connectivity index (χ3v) is 5.78. The van der Waals surface area contributed by atoms with Crippen LogP contribution in [0.25, 0.3) is 10.9 Å². The maximum Gasteiger partial charge on any atom is 0.356 e. The van der Waals surface area contributed by atoms with Crippen LogP contribution in [0.3, 0.4) is 0 Å². The minimum absolute atomic E-state index is 0.0682. The summed E-state index contributed by atoms with van der Waals surface area (Å²) in [6.45, 7) is 4.04. The highest BCUT2D eigenvalue weighted by Gasteiger charge is 2.27. The van der Waals surface area contributed by atoms with E-state index in [1.807, 2.05) is 11.8 Å². The van der Waals surface area contributed by atoms with Gasteiger partial charge in [-0.2, -0.15) is 0 Å². The Balaban J connectivity index is 1.65. The van der Waals surface area contributed by atoms with Crippen molar-refractivity contribution in [3.05, 3.63) is 53.5 Å². The summed E-state index contributed by atoms with van der Waals surface area (Å²) in [6.07, 6.45) is 1.59. The maximum absolute atomic E-state index is 13.7. The van der Waals surface area contributed by atoms with Crippen molar-refractivity contribution >= 4 is 34.2 Å². The van der Waals surface area contributed by atoms with Crippen LogP contribution < -0.4 is 15.0 Å². The highest BCUT2D eigenvalue weighted by Crippen LogP contribution is 2.33. The molecule has 3 aromatic rings. The lowest BCUT2D eigenvalue weighted by Gasteiger charge is -2.36. The molecule has 1 aliphatic rings. The molecule has 1 amide bonds. The van der Waals surface area contributed by atoms with Crippen LogP contribution >= 0.6 is 0 Å². The molecule has 0 bridgehead atoms. The van der Waals surface area contributed by atoms with Crippen LogP contribution in [-0.2, 0) is 16.0 Å². The number of halogens is 1. The average molecular weight is 439 g/mol. The molecule has 0 spiro atoms. The second kappa shape index (κ2) is 8.90. The second-order valence-corrected chi connectivity index (χ2v) is 7.84. The van der Waals surface area contributed by atoms with Crippen LogP contribution in [0.15, 0.2) is 36.4 Å². The lowest BCUT2D eigenvalue weighted by Crippen LogP contribution is -2.42. The molecule has 2 N–H and O–H groups in total. The van der Waals surface area contributed by atoms with Gasteiger partial charge in [0.25, 0.3) is 0 Å². The van der Waals surface area contributed by atoms with Crippen LogP contribution in [0.2, 0.25) is 0 Å². The number of H-pyrrole nitrogens is 1. The fraction of sp³-hybridized carbons (Fsp3) is 0.333. The molecule has 168 valence electrons. The predicted octanol–water partition coefficient (Wildman–Crippen LogP) is 4.27. The number of hydrogen-bond acceptors (Lipinski definition) is 5. The highest BCUT2D eigenvalue weighted by molar-refractivity contribution is 6.11. The van der Waals surface area contributed by atoms with Gasteiger partial charge in [-0.3, -0.25) is 4.79 Å². The van der Waals surface area contributed by atoms with Crippen molar-refractivity contribution < 1.29 is 23.5 Å². The molecule has 2 aromatic carbocycles. The van der Waals surface area contributed by atoms with Crippen molar-refractivity contribution in [3.63, 3.8) is 0 Å². The normalized spacial score (nSPS) is 15.4. The Hall–Kier alpha value is -3.55. The molecule has 1 aromatic heterocycles. The first-order valence-electron chi connectivity index (χ1n) is 10.6. The smallest absolute Gasteiger partial charge is 0.356 e. The summed E-state index contributed by atoms with van der Waals surface area (Å²) >= 11 is 0. The number of fused-ring (bicyclic) bond motifs is 2. The summed E-state index contributed by atoms with van der Waals surface area (Å²) in [5.41, 5.74) is 2.95. The summed E-state index contributed by atoms with van der Waals surface area (Å²) < 4.78 is 24.1. The number of esters is 1. The van der Waals surface area contributed by atoms with Gasteiger partial charge in [0.1, 0.15) is 17.3 Å². The molecule has 8 heteroatoms. The summed E-state index contributed by atoms with van der Waals surface area (Å²) in [4.78, 5) is 30.6. The van der Waals surface area contributed by atoms with E-state index in [-0.39, 0.29) is 36.6 Å². The maximum atomic E-state index is 13.7. The van der Waals surface area contributed by atoms with Crippen LogP contribution in [0.5, 0.6) is 5.75 Å². The van der Waals surface area contributed by atoms with E-state index < -0.39 is 5.97 Å². The molecule has 1 atom stereocenters. The topological polar surface area (TPSA) is 83.7 Å². The van der Waals surface area contributed by atoms with Gasteiger partial charge in [-0.05, 0) is 68.7 Å². The molecule has 0 radical (unpaired) electrons. The van der Waals surface area contributed by atoms with Gasteiger partial charge in [0.15, 0.2) is 0 Å². The van der Waals surface area contributed by atoms with Gasteiger partial charge >= 0.3 is 5.97 Å². The van der Waals surface area contributed by atoms with Crippen molar-refractivity contribution in [1.82, 2.24) is 4.98 Å². The zero-order chi connectivity index (χ0) is 22.8. The fourth-order valence-electron chi connectivity index (χ4n) is 4.15. The molecular weight excluding hydrogens is 413 g/mol. The number of carbonyl (C=O) groups excluding carboxylic acids is 2. The van der Waals surface area contributed by atoms with Crippen molar-refractivity contribution in [2.75, 3.05) is 30.5 Å². The number of carbonyl (C=O) groups is 2. The third-order valence-electron chi connectivity index (χ3n) is 5.78. The Morgan fingerprint density at radius 3 is 2.81 bits per heavy atom. The fourth-order valence-corrected chi connectivity index (χ4v) is 4.15. The average Bonchev–Trinajstić information content (AvgIpc) is 3.13. The second-order valence-electron chi connectivity index (χ2n) is 7.84. The largest absolute Gasteiger partial charge is 0.497 e. The number of amides is 1. The van der Waals surface area contributed by atoms with Gasteiger partial charge in [-0.25, -0.2) is 9.18 Å². The van der Waals surface area contributed by atoms with Gasteiger partial charge in [-0.1, -0.05) is 0 Å². The first-order chi connectivity index (χ1) is 15.4. The van der Waals surface area contributed by atoms with Gasteiger partial charge in [0.2, 0.25) is 5.91 Å². The number of benzene rings is 2. The Labute approximate surface area is 185 Å². The van der Waals surface area contributed by atoms with Gasteiger partial charge in [0, 0.05) is 22.6 Å². The highest BCUT2D eigenvalue weighted by atomic mass is 19.1. The summed E-state index contributed by atoms with van der Waals surface area (Å²) in [6, 6.07) is 10.1. The van der Waals surface area contributed by atoms with Crippen LogP contribution in [0.4, 0.5) is 15.8 Å². The summed E-state index contributed by atoms with van der Waals surface area (Å²) in [7, 11) is 1.55. The molecule has 0 aliphatic carbocycles. The molecule has 1 aliphatic heterocycles. The Morgan fingerprint density at radius 1 is 1.25 bits per heavy atom. The van der Waals surface area contributed by atoms with E-state index in [2.05, 4.69) is 10.3 Å². The molecule has 32 heavy (non-hydrogen) atoms. The number of methoxy groups -OCH3 is 1. The number of hydrogen-bond donors (Lipinski definition) is 2. The van der Waals surface area contributed by atoms with Crippen molar-refractivity contribution in [3.8, 4) is 5.75 Å². The predicted molar refractivity (Wildman–Crippen MR) is 121 cm³/mol. The van der Waals surface area contributed by atoms with Crippen molar-refractivity contribution in [2.24, 2.45) is 0 Å². The van der Waals surface area contributed by atoms with E-state index in [1.54, 1.807) is 38.3 Å². The quantitative estimate of drug-likeness (QED) is 0.561. The molecule has 4 rings (SSSR count). The first kappa shape index (κ1) is 21.7. The van der Waals surface area contributed by atoms with Gasteiger partial charge in [0.05, 0.1) is 25.9 Å². The number of nitrogens with zero attached hydrogens (tertiary/aromatic N) is 1. The van der Waals surface area contributed by atoms with E-state index in [0.29, 0.717) is 22.3 Å².